The molecule has 2 aromatic heterocycles. The van der Waals surface area contributed by atoms with E-state index >= 15 is 0 Å². The number of rotatable bonds is 7. The minimum Gasteiger partial charge on any atom is -0.342 e. The van der Waals surface area contributed by atoms with Gasteiger partial charge in [0, 0.05) is 25.3 Å². The number of carbonyl (C=O) groups is 1. The SMILES string of the molecule is CC(C)CN(CC(C)C)C(=O)CC1CSc2nc3c(cnn3-c3ccc(F)cc3)c(=O)n21. The first-order chi connectivity index (χ1) is 15.2. The summed E-state index contributed by atoms with van der Waals surface area (Å²) in [6.45, 7) is 9.83. The summed E-state index contributed by atoms with van der Waals surface area (Å²) in [6.07, 6.45) is 1.77. The van der Waals surface area contributed by atoms with E-state index in [-0.39, 0.29) is 29.7 Å². The number of aromatic nitrogens is 4. The molecule has 1 unspecified atom stereocenters. The molecule has 1 aliphatic rings. The van der Waals surface area contributed by atoms with Crippen LogP contribution in [0.15, 0.2) is 40.4 Å². The molecule has 0 spiro atoms. The van der Waals surface area contributed by atoms with Crippen molar-refractivity contribution in [2.24, 2.45) is 11.8 Å². The molecule has 3 aromatic rings. The van der Waals surface area contributed by atoms with Crippen LogP contribution in [0.3, 0.4) is 0 Å². The van der Waals surface area contributed by atoms with E-state index in [1.807, 2.05) is 4.90 Å². The third kappa shape index (κ3) is 4.44. The van der Waals surface area contributed by atoms with Gasteiger partial charge in [-0.1, -0.05) is 39.5 Å². The van der Waals surface area contributed by atoms with Gasteiger partial charge in [-0.25, -0.2) is 14.1 Å². The van der Waals surface area contributed by atoms with Crippen LogP contribution in [0.25, 0.3) is 16.7 Å². The van der Waals surface area contributed by atoms with E-state index < -0.39 is 0 Å². The van der Waals surface area contributed by atoms with Crippen LogP contribution in [-0.4, -0.2) is 49.0 Å². The fourth-order valence-corrected chi connectivity index (χ4v) is 5.17. The number of carbonyl (C=O) groups excluding carboxylic acids is 1. The molecular weight excluding hydrogens is 429 g/mol. The van der Waals surface area contributed by atoms with Gasteiger partial charge in [0.2, 0.25) is 5.91 Å². The molecule has 0 N–H and O–H groups in total. The Hall–Kier alpha value is -2.68. The van der Waals surface area contributed by atoms with Gasteiger partial charge in [0.15, 0.2) is 10.8 Å². The van der Waals surface area contributed by atoms with Crippen molar-refractivity contribution in [3.63, 3.8) is 0 Å². The van der Waals surface area contributed by atoms with Crippen molar-refractivity contribution >= 4 is 28.7 Å². The van der Waals surface area contributed by atoms with Gasteiger partial charge in [-0.15, -0.1) is 0 Å². The van der Waals surface area contributed by atoms with Gasteiger partial charge in [-0.2, -0.15) is 5.10 Å². The van der Waals surface area contributed by atoms with Crippen molar-refractivity contribution < 1.29 is 9.18 Å². The largest absolute Gasteiger partial charge is 0.342 e. The van der Waals surface area contributed by atoms with Crippen molar-refractivity contribution in [3.8, 4) is 5.69 Å². The van der Waals surface area contributed by atoms with Gasteiger partial charge in [0.1, 0.15) is 11.2 Å². The number of hydrogen-bond acceptors (Lipinski definition) is 5. The average molecular weight is 458 g/mol. The molecule has 1 atom stereocenters. The number of hydrogen-bond donors (Lipinski definition) is 0. The van der Waals surface area contributed by atoms with Crippen LogP contribution in [-0.2, 0) is 4.79 Å². The Bertz CT molecular complexity index is 1180. The number of nitrogens with zero attached hydrogens (tertiary/aromatic N) is 5. The van der Waals surface area contributed by atoms with E-state index in [0.29, 0.717) is 52.6 Å². The first kappa shape index (κ1) is 22.5. The lowest BCUT2D eigenvalue weighted by Gasteiger charge is -2.27. The second-order valence-electron chi connectivity index (χ2n) is 9.09. The van der Waals surface area contributed by atoms with Gasteiger partial charge >= 0.3 is 0 Å². The number of benzene rings is 1. The van der Waals surface area contributed by atoms with Gasteiger partial charge in [0.05, 0.1) is 17.9 Å². The van der Waals surface area contributed by atoms with E-state index in [1.54, 1.807) is 21.4 Å². The quantitative estimate of drug-likeness (QED) is 0.503. The number of fused-ring (bicyclic) bond motifs is 2. The molecule has 1 aliphatic heterocycles. The molecule has 0 saturated carbocycles. The molecule has 1 aromatic carbocycles. The highest BCUT2D eigenvalue weighted by Gasteiger charge is 2.31. The van der Waals surface area contributed by atoms with Crippen LogP contribution in [0.4, 0.5) is 4.39 Å². The van der Waals surface area contributed by atoms with Gasteiger partial charge in [-0.05, 0) is 36.1 Å². The maximum atomic E-state index is 13.3. The van der Waals surface area contributed by atoms with Crippen LogP contribution >= 0.6 is 11.8 Å². The first-order valence-electron chi connectivity index (χ1n) is 10.9. The maximum absolute atomic E-state index is 13.3. The summed E-state index contributed by atoms with van der Waals surface area (Å²) in [5.41, 5.74) is 0.875. The lowest BCUT2D eigenvalue weighted by atomic mass is 10.1. The van der Waals surface area contributed by atoms with Crippen LogP contribution in [0.2, 0.25) is 0 Å². The van der Waals surface area contributed by atoms with Crippen LogP contribution in [0.1, 0.15) is 40.2 Å². The standard InChI is InChI=1S/C23H28FN5O2S/c1-14(2)11-27(12-15(3)4)20(30)9-18-13-32-23-26-21-19(22(31)28(18)23)10-25-29(21)17-7-5-16(24)6-8-17/h5-8,10,14-15,18H,9,11-13H2,1-4H3. The maximum Gasteiger partial charge on any atom is 0.265 e. The fraction of sp³-hybridized carbons (Fsp3) is 0.478. The molecule has 3 heterocycles. The Balaban J connectivity index is 1.64. The topological polar surface area (TPSA) is 73.0 Å². The highest BCUT2D eigenvalue weighted by atomic mass is 32.2. The highest BCUT2D eigenvalue weighted by molar-refractivity contribution is 7.99. The summed E-state index contributed by atoms with van der Waals surface area (Å²) >= 11 is 1.48. The Labute approximate surface area is 190 Å². The van der Waals surface area contributed by atoms with Crippen LogP contribution in [0, 0.1) is 17.7 Å². The Kier molecular flexibility index (Phi) is 6.37. The van der Waals surface area contributed by atoms with Gasteiger partial charge in [0.25, 0.3) is 5.56 Å². The second kappa shape index (κ2) is 9.05. The lowest BCUT2D eigenvalue weighted by molar-refractivity contribution is -0.133. The molecule has 0 radical (unpaired) electrons. The van der Waals surface area contributed by atoms with E-state index in [2.05, 4.69) is 37.8 Å². The van der Waals surface area contributed by atoms with Crippen molar-refractivity contribution in [2.75, 3.05) is 18.8 Å². The van der Waals surface area contributed by atoms with Gasteiger partial charge < -0.3 is 4.90 Å². The number of amides is 1. The Morgan fingerprint density at radius 2 is 1.84 bits per heavy atom. The van der Waals surface area contributed by atoms with E-state index in [9.17, 15) is 14.0 Å². The van der Waals surface area contributed by atoms with E-state index in [1.165, 1.54) is 30.1 Å². The minimum absolute atomic E-state index is 0.0693. The second-order valence-corrected chi connectivity index (χ2v) is 10.1. The summed E-state index contributed by atoms with van der Waals surface area (Å²) in [5.74, 6) is 1.11. The van der Waals surface area contributed by atoms with E-state index in [4.69, 9.17) is 0 Å². The molecule has 32 heavy (non-hydrogen) atoms. The normalized spacial score (nSPS) is 15.7. The zero-order valence-electron chi connectivity index (χ0n) is 18.8. The molecule has 1 amide bonds. The molecule has 0 bridgehead atoms. The average Bonchev–Trinajstić information content (AvgIpc) is 3.32. The monoisotopic (exact) mass is 457 g/mol. The third-order valence-electron chi connectivity index (χ3n) is 5.38. The summed E-state index contributed by atoms with van der Waals surface area (Å²) < 4.78 is 16.5. The van der Waals surface area contributed by atoms with Crippen LogP contribution in [0.5, 0.6) is 0 Å². The Morgan fingerprint density at radius 1 is 1.19 bits per heavy atom. The Morgan fingerprint density at radius 3 is 2.47 bits per heavy atom. The predicted molar refractivity (Wildman–Crippen MR) is 124 cm³/mol. The molecule has 0 fully saturated rings. The molecule has 0 aliphatic carbocycles. The van der Waals surface area contributed by atoms with Crippen molar-refractivity contribution in [2.45, 2.75) is 45.3 Å². The van der Waals surface area contributed by atoms with E-state index in [0.717, 1.165) is 0 Å². The molecule has 4 rings (SSSR count). The minimum atomic E-state index is -0.342. The lowest BCUT2D eigenvalue weighted by Crippen LogP contribution is -2.39. The highest BCUT2D eigenvalue weighted by Crippen LogP contribution is 2.34. The zero-order chi connectivity index (χ0) is 23.0. The number of halogens is 1. The van der Waals surface area contributed by atoms with Crippen molar-refractivity contribution in [1.29, 1.82) is 0 Å². The van der Waals surface area contributed by atoms with Crippen molar-refractivity contribution in [1.82, 2.24) is 24.2 Å². The smallest absolute Gasteiger partial charge is 0.265 e. The molecular formula is C23H28FN5O2S. The van der Waals surface area contributed by atoms with Gasteiger partial charge in [-0.3, -0.25) is 14.2 Å². The summed E-state index contributed by atoms with van der Waals surface area (Å²) in [6, 6.07) is 5.66. The molecule has 0 saturated heterocycles. The van der Waals surface area contributed by atoms with Crippen LogP contribution < -0.4 is 5.56 Å². The molecule has 9 heteroatoms. The first-order valence-corrected chi connectivity index (χ1v) is 11.9. The molecule has 7 nitrogen and oxygen atoms in total. The zero-order valence-corrected chi connectivity index (χ0v) is 19.6. The summed E-state index contributed by atoms with van der Waals surface area (Å²) in [5, 5.41) is 5.28. The number of thioether (sulfide) groups is 1. The third-order valence-corrected chi connectivity index (χ3v) is 6.47. The summed E-state index contributed by atoms with van der Waals surface area (Å²) in [7, 11) is 0. The van der Waals surface area contributed by atoms with Crippen molar-refractivity contribution in [3.05, 3.63) is 46.6 Å². The predicted octanol–water partition coefficient (Wildman–Crippen LogP) is 3.90. The fourth-order valence-electron chi connectivity index (χ4n) is 4.04. The summed E-state index contributed by atoms with van der Waals surface area (Å²) in [4.78, 5) is 33.0. The molecule has 170 valence electrons.